The van der Waals surface area contributed by atoms with Crippen LogP contribution in [0.2, 0.25) is 5.02 Å². The molecule has 1 amide bonds. The molecule has 90 valence electrons. The maximum atomic E-state index is 12.3. The summed E-state index contributed by atoms with van der Waals surface area (Å²) in [7, 11) is 0. The van der Waals surface area contributed by atoms with Gasteiger partial charge in [0.25, 0.3) is 5.91 Å². The zero-order valence-electron chi connectivity index (χ0n) is 9.98. The van der Waals surface area contributed by atoms with Crippen LogP contribution in [0.4, 0.5) is 5.69 Å². The van der Waals surface area contributed by atoms with Crippen molar-refractivity contribution in [3.05, 3.63) is 64.2 Å². The van der Waals surface area contributed by atoms with Gasteiger partial charge in [-0.25, -0.2) is 0 Å². The van der Waals surface area contributed by atoms with Gasteiger partial charge in [-0.1, -0.05) is 35.9 Å². The molecule has 0 radical (unpaired) electrons. The van der Waals surface area contributed by atoms with Gasteiger partial charge in [0.05, 0.1) is 6.54 Å². The van der Waals surface area contributed by atoms with Crippen molar-refractivity contribution in [1.82, 2.24) is 0 Å². The summed E-state index contributed by atoms with van der Waals surface area (Å²) >= 11 is 6.11. The van der Waals surface area contributed by atoms with Crippen molar-refractivity contribution in [2.24, 2.45) is 0 Å². The quantitative estimate of drug-likeness (QED) is 0.761. The van der Waals surface area contributed by atoms with E-state index in [1.807, 2.05) is 49.4 Å². The van der Waals surface area contributed by atoms with E-state index in [9.17, 15) is 4.79 Å². The maximum Gasteiger partial charge on any atom is 0.258 e. The molecule has 0 atom stereocenters. The van der Waals surface area contributed by atoms with Gasteiger partial charge in [0.15, 0.2) is 0 Å². The zero-order chi connectivity index (χ0) is 12.7. The number of hydrogen-bond acceptors (Lipinski definition) is 1. The number of amides is 1. The summed E-state index contributed by atoms with van der Waals surface area (Å²) in [6, 6.07) is 13.4. The molecule has 0 N–H and O–H groups in total. The van der Waals surface area contributed by atoms with Crippen LogP contribution in [0.15, 0.2) is 42.5 Å². The molecule has 0 fully saturated rings. The number of benzene rings is 2. The third kappa shape index (κ3) is 1.61. The smallest absolute Gasteiger partial charge is 0.258 e. The molecule has 0 saturated heterocycles. The Hall–Kier alpha value is -1.80. The molecule has 2 aromatic carbocycles. The maximum absolute atomic E-state index is 12.3. The molecule has 2 nitrogen and oxygen atoms in total. The molecule has 1 aliphatic heterocycles. The van der Waals surface area contributed by atoms with Gasteiger partial charge in [0, 0.05) is 16.3 Å². The molecule has 0 aromatic heterocycles. The topological polar surface area (TPSA) is 20.3 Å². The molecule has 0 spiro atoms. The molecule has 18 heavy (non-hydrogen) atoms. The minimum absolute atomic E-state index is 0.0518. The summed E-state index contributed by atoms with van der Waals surface area (Å²) in [4.78, 5) is 14.1. The standard InChI is InChI=1S/C15H12ClNO/c1-10-13(16)7-4-8-14(10)17-9-11-5-2-3-6-12(11)15(17)18/h2-8H,9H2,1H3. The first kappa shape index (κ1) is 11.3. The minimum Gasteiger partial charge on any atom is -0.304 e. The normalized spacial score (nSPS) is 13.9. The number of halogens is 1. The number of hydrogen-bond donors (Lipinski definition) is 0. The van der Waals surface area contributed by atoms with Crippen molar-refractivity contribution >= 4 is 23.2 Å². The lowest BCUT2D eigenvalue weighted by atomic mass is 10.1. The number of rotatable bonds is 1. The van der Waals surface area contributed by atoms with Gasteiger partial charge in [-0.15, -0.1) is 0 Å². The van der Waals surface area contributed by atoms with Crippen molar-refractivity contribution in [2.45, 2.75) is 13.5 Å². The van der Waals surface area contributed by atoms with E-state index in [1.54, 1.807) is 4.90 Å². The first-order chi connectivity index (χ1) is 8.68. The lowest BCUT2D eigenvalue weighted by Crippen LogP contribution is -2.23. The summed E-state index contributed by atoms with van der Waals surface area (Å²) in [5, 5.41) is 0.691. The average Bonchev–Trinajstić information content (AvgIpc) is 2.71. The highest BCUT2D eigenvalue weighted by molar-refractivity contribution is 6.31. The first-order valence-corrected chi connectivity index (χ1v) is 6.21. The predicted molar refractivity (Wildman–Crippen MR) is 73.1 cm³/mol. The SMILES string of the molecule is Cc1c(Cl)cccc1N1Cc2ccccc2C1=O. The Morgan fingerprint density at radius 3 is 2.67 bits per heavy atom. The van der Waals surface area contributed by atoms with E-state index in [-0.39, 0.29) is 5.91 Å². The van der Waals surface area contributed by atoms with E-state index in [1.165, 1.54) is 0 Å². The molecular weight excluding hydrogens is 246 g/mol. The van der Waals surface area contributed by atoms with Crippen LogP contribution in [-0.4, -0.2) is 5.91 Å². The fourth-order valence-electron chi connectivity index (χ4n) is 2.34. The Morgan fingerprint density at radius 1 is 1.11 bits per heavy atom. The van der Waals surface area contributed by atoms with E-state index in [0.29, 0.717) is 11.6 Å². The lowest BCUT2D eigenvalue weighted by Gasteiger charge is -2.18. The second kappa shape index (κ2) is 4.14. The Morgan fingerprint density at radius 2 is 1.89 bits per heavy atom. The van der Waals surface area contributed by atoms with Crippen molar-refractivity contribution < 1.29 is 4.79 Å². The fourth-order valence-corrected chi connectivity index (χ4v) is 2.51. The molecule has 1 heterocycles. The van der Waals surface area contributed by atoms with Crippen molar-refractivity contribution in [1.29, 1.82) is 0 Å². The number of carbonyl (C=O) groups excluding carboxylic acids is 1. The molecule has 0 aliphatic carbocycles. The van der Waals surface area contributed by atoms with Crippen molar-refractivity contribution in [3.8, 4) is 0 Å². The van der Waals surface area contributed by atoms with E-state index < -0.39 is 0 Å². The minimum atomic E-state index is 0.0518. The van der Waals surface area contributed by atoms with E-state index >= 15 is 0 Å². The third-order valence-corrected chi connectivity index (χ3v) is 3.76. The van der Waals surface area contributed by atoms with Gasteiger partial charge in [0.2, 0.25) is 0 Å². The zero-order valence-corrected chi connectivity index (χ0v) is 10.7. The molecule has 3 heteroatoms. The number of fused-ring (bicyclic) bond motifs is 1. The molecule has 1 aliphatic rings. The average molecular weight is 258 g/mol. The Balaban J connectivity index is 2.07. The largest absolute Gasteiger partial charge is 0.304 e. The van der Waals surface area contributed by atoms with E-state index in [4.69, 9.17) is 11.6 Å². The van der Waals surface area contributed by atoms with Gasteiger partial charge >= 0.3 is 0 Å². The van der Waals surface area contributed by atoms with Gasteiger partial charge in [-0.05, 0) is 36.2 Å². The molecule has 3 rings (SSSR count). The second-order valence-corrected chi connectivity index (χ2v) is 4.84. The Bertz CT molecular complexity index is 636. The molecule has 0 saturated carbocycles. The summed E-state index contributed by atoms with van der Waals surface area (Å²) in [5.41, 5.74) is 3.70. The highest BCUT2D eigenvalue weighted by atomic mass is 35.5. The lowest BCUT2D eigenvalue weighted by molar-refractivity contribution is 0.0996. The number of anilines is 1. The van der Waals surface area contributed by atoms with Crippen LogP contribution in [0.5, 0.6) is 0 Å². The molecule has 0 unspecified atom stereocenters. The Labute approximate surface area is 111 Å². The van der Waals surface area contributed by atoms with Crippen LogP contribution in [0.3, 0.4) is 0 Å². The predicted octanol–water partition coefficient (Wildman–Crippen LogP) is 3.81. The van der Waals surface area contributed by atoms with Gasteiger partial charge in [0.1, 0.15) is 0 Å². The van der Waals surface area contributed by atoms with Crippen LogP contribution in [0.25, 0.3) is 0 Å². The van der Waals surface area contributed by atoms with Crippen LogP contribution >= 0.6 is 11.6 Å². The third-order valence-electron chi connectivity index (χ3n) is 3.35. The fraction of sp³-hybridized carbons (Fsp3) is 0.133. The van der Waals surface area contributed by atoms with E-state index in [2.05, 4.69) is 0 Å². The highest BCUT2D eigenvalue weighted by Gasteiger charge is 2.28. The van der Waals surface area contributed by atoms with Gasteiger partial charge < -0.3 is 4.90 Å². The van der Waals surface area contributed by atoms with Crippen LogP contribution < -0.4 is 4.90 Å². The highest BCUT2D eigenvalue weighted by Crippen LogP contribution is 2.32. The number of nitrogens with zero attached hydrogens (tertiary/aromatic N) is 1. The monoisotopic (exact) mass is 257 g/mol. The number of carbonyl (C=O) groups is 1. The molecule has 0 bridgehead atoms. The first-order valence-electron chi connectivity index (χ1n) is 5.83. The summed E-state index contributed by atoms with van der Waals surface area (Å²) in [6.07, 6.45) is 0. The Kier molecular flexibility index (Phi) is 2.60. The molecular formula is C15H12ClNO. The van der Waals surface area contributed by atoms with Crippen molar-refractivity contribution in [2.75, 3.05) is 4.90 Å². The van der Waals surface area contributed by atoms with Gasteiger partial charge in [-0.3, -0.25) is 4.79 Å². The van der Waals surface area contributed by atoms with Crippen LogP contribution in [-0.2, 0) is 6.54 Å². The van der Waals surface area contributed by atoms with Gasteiger partial charge in [-0.2, -0.15) is 0 Å². The van der Waals surface area contributed by atoms with Crippen molar-refractivity contribution in [3.63, 3.8) is 0 Å². The summed E-state index contributed by atoms with van der Waals surface area (Å²) in [5.74, 6) is 0.0518. The van der Waals surface area contributed by atoms with E-state index in [0.717, 1.165) is 22.4 Å². The molecule has 2 aromatic rings. The summed E-state index contributed by atoms with van der Waals surface area (Å²) in [6.45, 7) is 2.56. The summed E-state index contributed by atoms with van der Waals surface area (Å²) < 4.78 is 0. The second-order valence-electron chi connectivity index (χ2n) is 4.43. The van der Waals surface area contributed by atoms with Crippen LogP contribution in [0.1, 0.15) is 21.5 Å². The van der Waals surface area contributed by atoms with Crippen LogP contribution in [0, 0.1) is 6.92 Å².